The van der Waals surface area contributed by atoms with Gasteiger partial charge in [0.1, 0.15) is 5.75 Å². The number of ether oxygens (including phenoxy) is 1. The van der Waals surface area contributed by atoms with Gasteiger partial charge in [0, 0.05) is 0 Å². The number of hydrogen-bond donors (Lipinski definition) is 1. The molecule has 24 heavy (non-hydrogen) atoms. The molecule has 3 nitrogen and oxygen atoms in total. The summed E-state index contributed by atoms with van der Waals surface area (Å²) in [6, 6.07) is 15.8. The van der Waals surface area contributed by atoms with Crippen molar-refractivity contribution in [3.8, 4) is 5.75 Å². The molecule has 0 spiro atoms. The van der Waals surface area contributed by atoms with E-state index in [0.29, 0.717) is 0 Å². The first-order valence-electron chi connectivity index (χ1n) is 8.60. The number of thiol groups is 1. The van der Waals surface area contributed by atoms with Gasteiger partial charge < -0.3 is 4.74 Å². The predicted octanol–water partition coefficient (Wildman–Crippen LogP) is 6.67. The van der Waals surface area contributed by atoms with Gasteiger partial charge >= 0.3 is 0 Å². The zero-order valence-electron chi connectivity index (χ0n) is 14.3. The average Bonchev–Trinajstić information content (AvgIpc) is 2.61. The van der Waals surface area contributed by atoms with Crippen LogP contribution in [0.25, 0.3) is 0 Å². The van der Waals surface area contributed by atoms with Gasteiger partial charge in [-0.15, -0.1) is 0 Å². The molecule has 0 amide bonds. The Bertz CT molecular complexity index is 609. The molecule has 0 aromatic heterocycles. The topological polar surface area (TPSA) is 34.0 Å². The van der Waals surface area contributed by atoms with Gasteiger partial charge in [-0.1, -0.05) is 37.0 Å². The minimum atomic E-state index is 0.769. The number of azo groups is 1. The van der Waals surface area contributed by atoms with E-state index in [2.05, 4.69) is 29.8 Å². The van der Waals surface area contributed by atoms with Gasteiger partial charge in [-0.3, -0.25) is 0 Å². The van der Waals surface area contributed by atoms with Crippen molar-refractivity contribution in [2.24, 2.45) is 10.2 Å². The summed E-state index contributed by atoms with van der Waals surface area (Å²) in [6.07, 6.45) is 6.06. The van der Waals surface area contributed by atoms with Crippen LogP contribution in [0.5, 0.6) is 5.75 Å². The Balaban J connectivity index is 1.71. The van der Waals surface area contributed by atoms with Crippen LogP contribution in [0.2, 0.25) is 0 Å². The third-order valence-corrected chi connectivity index (χ3v) is 4.04. The summed E-state index contributed by atoms with van der Waals surface area (Å²) >= 11 is 4.22. The van der Waals surface area contributed by atoms with E-state index < -0.39 is 0 Å². The quantitative estimate of drug-likeness (QED) is 0.292. The van der Waals surface area contributed by atoms with Gasteiger partial charge in [0.2, 0.25) is 0 Å². The Morgan fingerprint density at radius 3 is 1.92 bits per heavy atom. The summed E-state index contributed by atoms with van der Waals surface area (Å²) in [4.78, 5) is 0. The first kappa shape index (κ1) is 18.5. The van der Waals surface area contributed by atoms with Crippen LogP contribution >= 0.6 is 12.6 Å². The molecule has 0 fully saturated rings. The van der Waals surface area contributed by atoms with E-state index in [1.165, 1.54) is 31.2 Å². The molecule has 128 valence electrons. The van der Waals surface area contributed by atoms with Gasteiger partial charge in [0.05, 0.1) is 18.0 Å². The predicted molar refractivity (Wildman–Crippen MR) is 104 cm³/mol. The Morgan fingerprint density at radius 2 is 1.29 bits per heavy atom. The van der Waals surface area contributed by atoms with Gasteiger partial charge in [-0.2, -0.15) is 22.9 Å². The lowest BCUT2D eigenvalue weighted by Crippen LogP contribution is -1.96. The SMILES string of the molecule is Cc1ccc(N=Nc2ccc(OCCCCCCCS)cc2)cc1. The summed E-state index contributed by atoms with van der Waals surface area (Å²) < 4.78 is 5.76. The van der Waals surface area contributed by atoms with Crippen LogP contribution in [0.15, 0.2) is 58.8 Å². The van der Waals surface area contributed by atoms with Crippen molar-refractivity contribution in [1.29, 1.82) is 0 Å². The van der Waals surface area contributed by atoms with E-state index in [1.54, 1.807) is 0 Å². The molecule has 0 radical (unpaired) electrons. The zero-order chi connectivity index (χ0) is 17.0. The Hall–Kier alpha value is -1.81. The van der Waals surface area contributed by atoms with Crippen LogP contribution in [0.4, 0.5) is 11.4 Å². The molecule has 0 unspecified atom stereocenters. The number of rotatable bonds is 10. The fourth-order valence-corrected chi connectivity index (χ4v) is 2.49. The standard InChI is InChI=1S/C20H26N2OS/c1-17-7-9-18(10-8-17)21-22-19-11-13-20(14-12-19)23-15-5-3-2-4-6-16-24/h7-14,24H,2-6,15-16H2,1H3. The largest absolute Gasteiger partial charge is 0.494 e. The molecule has 0 aliphatic heterocycles. The number of unbranched alkanes of at least 4 members (excludes halogenated alkanes) is 4. The number of hydrogen-bond acceptors (Lipinski definition) is 4. The van der Waals surface area contributed by atoms with E-state index in [0.717, 1.165) is 35.9 Å². The highest BCUT2D eigenvalue weighted by atomic mass is 32.1. The number of benzene rings is 2. The minimum Gasteiger partial charge on any atom is -0.494 e. The Morgan fingerprint density at radius 1 is 0.750 bits per heavy atom. The minimum absolute atomic E-state index is 0.769. The molecule has 4 heteroatoms. The molecule has 0 aliphatic carbocycles. The number of nitrogens with zero attached hydrogens (tertiary/aromatic N) is 2. The molecule has 2 rings (SSSR count). The monoisotopic (exact) mass is 342 g/mol. The second-order valence-corrected chi connectivity index (χ2v) is 6.32. The van der Waals surface area contributed by atoms with E-state index in [4.69, 9.17) is 4.74 Å². The molecule has 0 N–H and O–H groups in total. The average molecular weight is 343 g/mol. The van der Waals surface area contributed by atoms with Gasteiger partial charge in [0.25, 0.3) is 0 Å². The normalized spacial score (nSPS) is 11.1. The van der Waals surface area contributed by atoms with Gasteiger partial charge in [-0.25, -0.2) is 0 Å². The van der Waals surface area contributed by atoms with Crippen molar-refractivity contribution in [3.05, 3.63) is 54.1 Å². The second kappa shape index (κ2) is 10.9. The lowest BCUT2D eigenvalue weighted by molar-refractivity contribution is 0.304. The molecule has 0 saturated heterocycles. The van der Waals surface area contributed by atoms with Crippen molar-refractivity contribution in [3.63, 3.8) is 0 Å². The van der Waals surface area contributed by atoms with Crippen LogP contribution in [0.3, 0.4) is 0 Å². The molecule has 2 aromatic rings. The molecular weight excluding hydrogens is 316 g/mol. The van der Waals surface area contributed by atoms with Gasteiger partial charge in [-0.05, 0) is 61.9 Å². The maximum atomic E-state index is 5.76. The van der Waals surface area contributed by atoms with Crippen LogP contribution in [-0.4, -0.2) is 12.4 Å². The third-order valence-electron chi connectivity index (χ3n) is 3.72. The van der Waals surface area contributed by atoms with E-state index in [9.17, 15) is 0 Å². The van der Waals surface area contributed by atoms with E-state index in [1.807, 2.05) is 48.5 Å². The molecular formula is C20H26N2OS. The number of aryl methyl sites for hydroxylation is 1. The highest BCUT2D eigenvalue weighted by Gasteiger charge is 1.96. The first-order valence-corrected chi connectivity index (χ1v) is 9.23. The lowest BCUT2D eigenvalue weighted by atomic mass is 10.2. The summed E-state index contributed by atoms with van der Waals surface area (Å²) in [5, 5.41) is 8.49. The molecule has 0 atom stereocenters. The van der Waals surface area contributed by atoms with Crippen LogP contribution in [0.1, 0.15) is 37.7 Å². The second-order valence-electron chi connectivity index (χ2n) is 5.87. The van der Waals surface area contributed by atoms with Crippen LogP contribution < -0.4 is 4.74 Å². The summed E-state index contributed by atoms with van der Waals surface area (Å²) in [6.45, 7) is 2.83. The maximum Gasteiger partial charge on any atom is 0.119 e. The fraction of sp³-hybridized carbons (Fsp3) is 0.400. The van der Waals surface area contributed by atoms with Crippen LogP contribution in [0, 0.1) is 6.92 Å². The molecule has 0 saturated carbocycles. The summed E-state index contributed by atoms with van der Waals surface area (Å²) in [7, 11) is 0. The van der Waals surface area contributed by atoms with Crippen LogP contribution in [-0.2, 0) is 0 Å². The summed E-state index contributed by atoms with van der Waals surface area (Å²) in [5.74, 6) is 1.88. The third kappa shape index (κ3) is 7.18. The molecule has 0 bridgehead atoms. The Kier molecular flexibility index (Phi) is 8.39. The fourth-order valence-electron chi connectivity index (χ4n) is 2.27. The Labute approximate surface area is 150 Å². The van der Waals surface area contributed by atoms with E-state index >= 15 is 0 Å². The zero-order valence-corrected chi connectivity index (χ0v) is 15.2. The first-order chi connectivity index (χ1) is 11.8. The highest BCUT2D eigenvalue weighted by molar-refractivity contribution is 7.80. The lowest BCUT2D eigenvalue weighted by Gasteiger charge is -2.06. The molecule has 0 aliphatic rings. The summed E-state index contributed by atoms with van der Waals surface area (Å²) in [5.41, 5.74) is 2.91. The smallest absolute Gasteiger partial charge is 0.119 e. The van der Waals surface area contributed by atoms with E-state index in [-0.39, 0.29) is 0 Å². The van der Waals surface area contributed by atoms with Crippen molar-refractivity contribution in [1.82, 2.24) is 0 Å². The van der Waals surface area contributed by atoms with Crippen molar-refractivity contribution >= 4 is 24.0 Å². The molecule has 0 heterocycles. The van der Waals surface area contributed by atoms with Crippen molar-refractivity contribution in [2.45, 2.75) is 39.0 Å². The maximum absolute atomic E-state index is 5.76. The highest BCUT2D eigenvalue weighted by Crippen LogP contribution is 2.21. The van der Waals surface area contributed by atoms with Crippen molar-refractivity contribution < 1.29 is 4.74 Å². The van der Waals surface area contributed by atoms with Gasteiger partial charge in [0.15, 0.2) is 0 Å². The van der Waals surface area contributed by atoms with Crippen molar-refractivity contribution in [2.75, 3.05) is 12.4 Å². The molecule has 2 aromatic carbocycles.